The molecular weight excluding hydrogens is 300 g/mol. The molecule has 1 atom stereocenters. The van der Waals surface area contributed by atoms with Crippen molar-refractivity contribution in [3.05, 3.63) is 53.7 Å². The third-order valence-electron chi connectivity index (χ3n) is 4.15. The lowest BCUT2D eigenvalue weighted by atomic mass is 10.3. The lowest BCUT2D eigenvalue weighted by molar-refractivity contribution is 0.0983. The number of alkyl halides is 2. The maximum Gasteiger partial charge on any atom is 0.272 e. The first-order valence-electron chi connectivity index (χ1n) is 7.58. The van der Waals surface area contributed by atoms with Crippen molar-refractivity contribution < 1.29 is 8.78 Å². The average Bonchev–Trinajstić information content (AvgIpc) is 2.91. The molecule has 0 aliphatic heterocycles. The van der Waals surface area contributed by atoms with Crippen LogP contribution in [0.5, 0.6) is 0 Å². The van der Waals surface area contributed by atoms with E-state index in [0.29, 0.717) is 13.1 Å². The van der Waals surface area contributed by atoms with Crippen molar-refractivity contribution >= 4 is 5.65 Å². The molecule has 1 N–H and O–H groups in total. The standard InChI is InChI=1S/C16H17F2N5/c1-11-3-2-4-15-21-13(10-22(11)15)8-19-6-12-7-20-23(9-12)14-5-16(14,17)18/h2-4,7,9-10,14,19H,5-6,8H2,1H3. The van der Waals surface area contributed by atoms with Crippen LogP contribution in [0.1, 0.15) is 29.4 Å². The van der Waals surface area contributed by atoms with Crippen molar-refractivity contribution in [1.29, 1.82) is 0 Å². The number of nitrogens with zero attached hydrogens (tertiary/aromatic N) is 4. The van der Waals surface area contributed by atoms with E-state index in [-0.39, 0.29) is 6.42 Å². The molecule has 3 heterocycles. The van der Waals surface area contributed by atoms with Gasteiger partial charge in [0.25, 0.3) is 5.92 Å². The smallest absolute Gasteiger partial charge is 0.272 e. The Labute approximate surface area is 131 Å². The van der Waals surface area contributed by atoms with Gasteiger partial charge in [-0.25, -0.2) is 13.8 Å². The van der Waals surface area contributed by atoms with Gasteiger partial charge >= 0.3 is 0 Å². The molecule has 0 saturated heterocycles. The minimum atomic E-state index is -2.59. The summed E-state index contributed by atoms with van der Waals surface area (Å²) >= 11 is 0. The minimum absolute atomic E-state index is 0.109. The quantitative estimate of drug-likeness (QED) is 0.787. The third-order valence-corrected chi connectivity index (χ3v) is 4.15. The number of rotatable bonds is 5. The highest BCUT2D eigenvalue weighted by Crippen LogP contribution is 2.52. The number of pyridine rings is 1. The number of halogens is 2. The van der Waals surface area contributed by atoms with Gasteiger partial charge in [0.15, 0.2) is 0 Å². The fourth-order valence-electron chi connectivity index (χ4n) is 2.74. The van der Waals surface area contributed by atoms with Gasteiger partial charge < -0.3 is 9.72 Å². The van der Waals surface area contributed by atoms with Gasteiger partial charge in [0.05, 0.1) is 11.9 Å². The molecule has 3 aromatic rings. The van der Waals surface area contributed by atoms with E-state index < -0.39 is 12.0 Å². The van der Waals surface area contributed by atoms with E-state index in [1.54, 1.807) is 12.4 Å². The van der Waals surface area contributed by atoms with Gasteiger partial charge in [0.2, 0.25) is 0 Å². The Kier molecular flexibility index (Phi) is 3.19. The van der Waals surface area contributed by atoms with Crippen molar-refractivity contribution in [3.8, 4) is 0 Å². The van der Waals surface area contributed by atoms with Gasteiger partial charge in [-0.3, -0.25) is 4.68 Å². The fourth-order valence-corrected chi connectivity index (χ4v) is 2.74. The molecular formula is C16H17F2N5. The van der Waals surface area contributed by atoms with E-state index in [1.165, 1.54) is 4.68 Å². The van der Waals surface area contributed by atoms with Crippen molar-refractivity contribution in [2.75, 3.05) is 0 Å². The third kappa shape index (κ3) is 2.72. The first-order chi connectivity index (χ1) is 11.0. The van der Waals surface area contributed by atoms with Gasteiger partial charge in [0.1, 0.15) is 11.7 Å². The number of aryl methyl sites for hydroxylation is 1. The van der Waals surface area contributed by atoms with Crippen LogP contribution in [0.3, 0.4) is 0 Å². The van der Waals surface area contributed by atoms with Crippen LogP contribution in [0.2, 0.25) is 0 Å². The number of hydrogen-bond acceptors (Lipinski definition) is 3. The summed E-state index contributed by atoms with van der Waals surface area (Å²) < 4.78 is 29.4. The van der Waals surface area contributed by atoms with Crippen molar-refractivity contribution in [3.63, 3.8) is 0 Å². The SMILES string of the molecule is Cc1cccc2nc(CNCc3cnn(C4CC4(F)F)c3)cn12. The summed E-state index contributed by atoms with van der Waals surface area (Å²) in [4.78, 5) is 4.55. The summed E-state index contributed by atoms with van der Waals surface area (Å²) in [7, 11) is 0. The second kappa shape index (κ2) is 5.13. The Morgan fingerprint density at radius 3 is 2.87 bits per heavy atom. The molecule has 0 spiro atoms. The predicted octanol–water partition coefficient (Wildman–Crippen LogP) is 2.71. The number of imidazole rings is 1. The molecule has 1 unspecified atom stereocenters. The number of aromatic nitrogens is 4. The van der Waals surface area contributed by atoms with E-state index in [4.69, 9.17) is 0 Å². The highest BCUT2D eigenvalue weighted by molar-refractivity contribution is 5.41. The molecule has 0 bridgehead atoms. The monoisotopic (exact) mass is 317 g/mol. The molecule has 1 aliphatic carbocycles. The zero-order valence-corrected chi connectivity index (χ0v) is 12.7. The first-order valence-corrected chi connectivity index (χ1v) is 7.58. The van der Waals surface area contributed by atoms with Crippen LogP contribution in [-0.4, -0.2) is 25.1 Å². The molecule has 120 valence electrons. The summed E-state index contributed by atoms with van der Waals surface area (Å²) in [5.41, 5.74) is 3.89. The Bertz CT molecular complexity index is 851. The van der Waals surface area contributed by atoms with Crippen molar-refractivity contribution in [2.45, 2.75) is 38.4 Å². The Morgan fingerprint density at radius 1 is 1.30 bits per heavy atom. The number of fused-ring (bicyclic) bond motifs is 1. The zero-order valence-electron chi connectivity index (χ0n) is 12.7. The summed E-state index contributed by atoms with van der Waals surface area (Å²) in [6.45, 7) is 3.23. The predicted molar refractivity (Wildman–Crippen MR) is 81.3 cm³/mol. The van der Waals surface area contributed by atoms with Crippen LogP contribution < -0.4 is 5.32 Å². The molecule has 4 rings (SSSR count). The van der Waals surface area contributed by atoms with Crippen molar-refractivity contribution in [2.24, 2.45) is 0 Å². The van der Waals surface area contributed by atoms with Crippen LogP contribution in [0.25, 0.3) is 5.65 Å². The van der Waals surface area contributed by atoms with Gasteiger partial charge in [-0.15, -0.1) is 0 Å². The summed E-state index contributed by atoms with van der Waals surface area (Å²) in [5.74, 6) is -2.59. The van der Waals surface area contributed by atoms with Gasteiger partial charge in [0, 0.05) is 43.2 Å². The molecule has 0 amide bonds. The lowest BCUT2D eigenvalue weighted by Crippen LogP contribution is -2.12. The molecule has 1 saturated carbocycles. The average molecular weight is 317 g/mol. The lowest BCUT2D eigenvalue weighted by Gasteiger charge is -2.00. The van der Waals surface area contributed by atoms with E-state index in [9.17, 15) is 8.78 Å². The summed E-state index contributed by atoms with van der Waals surface area (Å²) in [5, 5.41) is 7.30. The maximum absolute atomic E-state index is 13.0. The number of nitrogens with one attached hydrogen (secondary N) is 1. The van der Waals surface area contributed by atoms with Gasteiger partial charge in [-0.2, -0.15) is 5.10 Å². The maximum atomic E-state index is 13.0. The molecule has 0 aromatic carbocycles. The Morgan fingerprint density at radius 2 is 2.13 bits per heavy atom. The molecule has 0 radical (unpaired) electrons. The highest BCUT2D eigenvalue weighted by Gasteiger charge is 2.59. The molecule has 7 heteroatoms. The summed E-state index contributed by atoms with van der Waals surface area (Å²) in [6.07, 6.45) is 5.22. The van der Waals surface area contributed by atoms with E-state index >= 15 is 0 Å². The van der Waals surface area contributed by atoms with E-state index in [2.05, 4.69) is 15.4 Å². The largest absolute Gasteiger partial charge is 0.307 e. The second-order valence-electron chi connectivity index (χ2n) is 6.04. The van der Waals surface area contributed by atoms with Gasteiger partial charge in [-0.1, -0.05) is 6.07 Å². The second-order valence-corrected chi connectivity index (χ2v) is 6.04. The molecule has 23 heavy (non-hydrogen) atoms. The molecule has 1 aliphatic rings. The molecule has 1 fully saturated rings. The van der Waals surface area contributed by atoms with Crippen LogP contribution >= 0.6 is 0 Å². The topological polar surface area (TPSA) is 47.2 Å². The fraction of sp³-hybridized carbons (Fsp3) is 0.375. The number of hydrogen-bond donors (Lipinski definition) is 1. The van der Waals surface area contributed by atoms with E-state index in [1.807, 2.05) is 35.7 Å². The molecule has 3 aromatic heterocycles. The van der Waals surface area contributed by atoms with E-state index in [0.717, 1.165) is 22.6 Å². The minimum Gasteiger partial charge on any atom is -0.307 e. The van der Waals surface area contributed by atoms with Crippen LogP contribution in [0, 0.1) is 6.92 Å². The zero-order chi connectivity index (χ0) is 16.0. The summed E-state index contributed by atoms with van der Waals surface area (Å²) in [6, 6.07) is 5.22. The molecule has 5 nitrogen and oxygen atoms in total. The highest BCUT2D eigenvalue weighted by atomic mass is 19.3. The van der Waals surface area contributed by atoms with Crippen LogP contribution in [-0.2, 0) is 13.1 Å². The van der Waals surface area contributed by atoms with Crippen LogP contribution in [0.4, 0.5) is 8.78 Å². The van der Waals surface area contributed by atoms with Gasteiger partial charge in [-0.05, 0) is 19.1 Å². The normalized spacial score (nSPS) is 19.3. The first kappa shape index (κ1) is 14.3. The van der Waals surface area contributed by atoms with Crippen molar-refractivity contribution in [1.82, 2.24) is 24.5 Å². The Hall–Kier alpha value is -2.28. The van der Waals surface area contributed by atoms with Crippen LogP contribution in [0.15, 0.2) is 36.8 Å². The Balaban J connectivity index is 1.37.